The van der Waals surface area contributed by atoms with Gasteiger partial charge < -0.3 is 24.6 Å². The summed E-state index contributed by atoms with van der Waals surface area (Å²) in [5, 5.41) is 4.99. The van der Waals surface area contributed by atoms with Crippen LogP contribution >= 0.6 is 11.3 Å². The first-order chi connectivity index (χ1) is 16.2. The molecular weight excluding hydrogens is 440 g/mol. The smallest absolute Gasteiger partial charge is 0.317 e. The first kappa shape index (κ1) is 22.0. The number of nitrogens with one attached hydrogen (secondary N) is 1. The largest absolute Gasteiger partial charge is 0.454 e. The molecule has 1 unspecified atom stereocenters. The molecule has 0 radical (unpaired) electrons. The number of ether oxygens (including phenoxy) is 2. The third-order valence-corrected chi connectivity index (χ3v) is 7.46. The number of amides is 3. The highest BCUT2D eigenvalue weighted by Gasteiger charge is 2.32. The number of benzene rings is 1. The van der Waals surface area contributed by atoms with Crippen LogP contribution in [0.2, 0.25) is 0 Å². The van der Waals surface area contributed by atoms with Gasteiger partial charge in [0.25, 0.3) is 0 Å². The van der Waals surface area contributed by atoms with E-state index in [-0.39, 0.29) is 24.6 Å². The van der Waals surface area contributed by atoms with Crippen LogP contribution in [0.5, 0.6) is 11.5 Å². The maximum Gasteiger partial charge on any atom is 0.317 e. The summed E-state index contributed by atoms with van der Waals surface area (Å²) in [4.78, 5) is 33.1. The van der Waals surface area contributed by atoms with Crippen LogP contribution in [-0.2, 0) is 17.9 Å². The average Bonchev–Trinajstić information content (AvgIpc) is 3.54. The summed E-state index contributed by atoms with van der Waals surface area (Å²) in [7, 11) is 0. The molecule has 33 heavy (non-hydrogen) atoms. The fraction of sp³-hybridized carbons (Fsp3) is 0.500. The van der Waals surface area contributed by atoms with Crippen LogP contribution in [0.25, 0.3) is 0 Å². The minimum Gasteiger partial charge on any atom is -0.454 e. The summed E-state index contributed by atoms with van der Waals surface area (Å²) in [6.45, 7) is 6.02. The fourth-order valence-corrected chi connectivity index (χ4v) is 5.38. The quantitative estimate of drug-likeness (QED) is 0.728. The third kappa shape index (κ3) is 5.25. The van der Waals surface area contributed by atoms with Crippen LogP contribution < -0.4 is 14.8 Å². The Bertz CT molecular complexity index is 975. The maximum absolute atomic E-state index is 13.2. The van der Waals surface area contributed by atoms with Gasteiger partial charge in [0.1, 0.15) is 0 Å². The van der Waals surface area contributed by atoms with Gasteiger partial charge in [-0.2, -0.15) is 0 Å². The molecule has 3 amide bonds. The molecule has 0 spiro atoms. The topological polar surface area (TPSA) is 74.4 Å². The highest BCUT2D eigenvalue weighted by Crippen LogP contribution is 2.33. The Labute approximate surface area is 198 Å². The van der Waals surface area contributed by atoms with Crippen LogP contribution in [0.3, 0.4) is 0 Å². The third-order valence-electron chi connectivity index (χ3n) is 6.58. The van der Waals surface area contributed by atoms with E-state index >= 15 is 0 Å². The molecule has 1 aromatic carbocycles. The van der Waals surface area contributed by atoms with Crippen molar-refractivity contribution >= 4 is 23.3 Å². The number of urea groups is 1. The van der Waals surface area contributed by atoms with E-state index in [4.69, 9.17) is 9.47 Å². The van der Waals surface area contributed by atoms with Crippen molar-refractivity contribution in [2.45, 2.75) is 25.9 Å². The molecule has 2 aromatic rings. The minimum atomic E-state index is -0.105. The van der Waals surface area contributed by atoms with Gasteiger partial charge in [-0.15, -0.1) is 11.3 Å². The van der Waals surface area contributed by atoms with E-state index in [0.717, 1.165) is 61.9 Å². The fourth-order valence-electron chi connectivity index (χ4n) is 4.73. The van der Waals surface area contributed by atoms with Crippen LogP contribution in [0.15, 0.2) is 35.7 Å². The Morgan fingerprint density at radius 1 is 1.03 bits per heavy atom. The molecule has 1 aromatic heterocycles. The molecule has 8 nitrogen and oxygen atoms in total. The molecule has 5 rings (SSSR count). The second kappa shape index (κ2) is 10.0. The van der Waals surface area contributed by atoms with E-state index in [1.54, 1.807) is 16.2 Å². The lowest BCUT2D eigenvalue weighted by molar-refractivity contribution is -0.138. The van der Waals surface area contributed by atoms with Gasteiger partial charge in [0, 0.05) is 50.7 Å². The van der Waals surface area contributed by atoms with Crippen LogP contribution in [0.1, 0.15) is 23.3 Å². The van der Waals surface area contributed by atoms with Crippen molar-refractivity contribution in [3.8, 4) is 11.5 Å². The summed E-state index contributed by atoms with van der Waals surface area (Å²) in [5.74, 6) is 1.69. The minimum absolute atomic E-state index is 0.0746. The number of thiophene rings is 1. The molecule has 176 valence electrons. The standard InChI is InChI=1S/C24H30N4O4S/c29-23(19-3-1-7-28(16-19)24(30)25-14-20-4-2-12-33-20)27-10-8-26(9-11-27)15-18-5-6-21-22(13-18)32-17-31-21/h2,4-6,12-13,19H,1,3,7-11,14-17H2,(H,25,30). The Balaban J connectivity index is 1.09. The van der Waals surface area contributed by atoms with Crippen LogP contribution in [0, 0.1) is 5.92 Å². The first-order valence-corrected chi connectivity index (χ1v) is 12.5. The normalized spacial score (nSPS) is 20.7. The summed E-state index contributed by atoms with van der Waals surface area (Å²) >= 11 is 1.63. The van der Waals surface area contributed by atoms with E-state index in [9.17, 15) is 9.59 Å². The summed E-state index contributed by atoms with van der Waals surface area (Å²) in [5.41, 5.74) is 1.19. The lowest BCUT2D eigenvalue weighted by atomic mass is 9.96. The van der Waals surface area contributed by atoms with Gasteiger partial charge in [-0.05, 0) is 42.0 Å². The van der Waals surface area contributed by atoms with Gasteiger partial charge in [-0.3, -0.25) is 9.69 Å². The number of carbonyl (C=O) groups excluding carboxylic acids is 2. The molecule has 4 heterocycles. The summed E-state index contributed by atoms with van der Waals surface area (Å²) in [6.07, 6.45) is 1.72. The van der Waals surface area contributed by atoms with Gasteiger partial charge in [0.15, 0.2) is 11.5 Å². The van der Waals surface area contributed by atoms with Gasteiger partial charge in [0.2, 0.25) is 12.7 Å². The highest BCUT2D eigenvalue weighted by molar-refractivity contribution is 7.09. The van der Waals surface area contributed by atoms with Crippen molar-refractivity contribution in [3.63, 3.8) is 0 Å². The second-order valence-electron chi connectivity index (χ2n) is 8.81. The predicted molar refractivity (Wildman–Crippen MR) is 125 cm³/mol. The number of piperazine rings is 1. The first-order valence-electron chi connectivity index (χ1n) is 11.6. The van der Waals surface area contributed by atoms with E-state index in [1.807, 2.05) is 34.5 Å². The molecule has 9 heteroatoms. The zero-order chi connectivity index (χ0) is 22.6. The number of hydrogen-bond acceptors (Lipinski definition) is 6. The predicted octanol–water partition coefficient (Wildman–Crippen LogP) is 2.74. The number of fused-ring (bicyclic) bond motifs is 1. The number of rotatable bonds is 5. The van der Waals surface area contributed by atoms with Crippen molar-refractivity contribution in [3.05, 3.63) is 46.2 Å². The molecule has 0 bridgehead atoms. The molecule has 3 aliphatic rings. The van der Waals surface area contributed by atoms with Crippen molar-refractivity contribution in [1.82, 2.24) is 20.0 Å². The average molecular weight is 471 g/mol. The highest BCUT2D eigenvalue weighted by atomic mass is 32.1. The van der Waals surface area contributed by atoms with E-state index < -0.39 is 0 Å². The zero-order valence-electron chi connectivity index (χ0n) is 18.7. The number of likely N-dealkylation sites (tertiary alicyclic amines) is 1. The Hall–Kier alpha value is -2.78. The van der Waals surface area contributed by atoms with Gasteiger partial charge in [-0.1, -0.05) is 12.1 Å². The molecule has 1 atom stereocenters. The zero-order valence-corrected chi connectivity index (χ0v) is 19.5. The van der Waals surface area contributed by atoms with Crippen molar-refractivity contribution < 1.29 is 19.1 Å². The summed E-state index contributed by atoms with van der Waals surface area (Å²) < 4.78 is 10.9. The van der Waals surface area contributed by atoms with E-state index in [2.05, 4.69) is 16.3 Å². The Kier molecular flexibility index (Phi) is 6.68. The Morgan fingerprint density at radius 2 is 1.88 bits per heavy atom. The molecular formula is C24H30N4O4S. The van der Waals surface area contributed by atoms with E-state index in [0.29, 0.717) is 19.6 Å². The SMILES string of the molecule is O=C(NCc1cccs1)N1CCCC(C(=O)N2CCN(Cc3ccc4c(c3)OCO4)CC2)C1. The van der Waals surface area contributed by atoms with Crippen LogP contribution in [-0.4, -0.2) is 72.7 Å². The lowest BCUT2D eigenvalue weighted by Gasteiger charge is -2.39. The molecule has 2 fully saturated rings. The second-order valence-corrected chi connectivity index (χ2v) is 9.84. The van der Waals surface area contributed by atoms with Crippen molar-refractivity contribution in [2.24, 2.45) is 5.92 Å². The monoisotopic (exact) mass is 470 g/mol. The van der Waals surface area contributed by atoms with Gasteiger partial charge in [0.05, 0.1) is 12.5 Å². The van der Waals surface area contributed by atoms with Gasteiger partial charge >= 0.3 is 6.03 Å². The Morgan fingerprint density at radius 3 is 2.70 bits per heavy atom. The summed E-state index contributed by atoms with van der Waals surface area (Å²) in [6, 6.07) is 10.00. The molecule has 3 aliphatic heterocycles. The number of nitrogens with zero attached hydrogens (tertiary/aromatic N) is 3. The number of piperidine rings is 1. The number of carbonyl (C=O) groups is 2. The molecule has 1 N–H and O–H groups in total. The molecule has 2 saturated heterocycles. The van der Waals surface area contributed by atoms with Gasteiger partial charge in [-0.25, -0.2) is 4.79 Å². The molecule has 0 aliphatic carbocycles. The number of hydrogen-bond donors (Lipinski definition) is 1. The molecule has 0 saturated carbocycles. The lowest BCUT2D eigenvalue weighted by Crippen LogP contribution is -2.53. The van der Waals surface area contributed by atoms with Crippen LogP contribution in [0.4, 0.5) is 4.79 Å². The maximum atomic E-state index is 13.2. The van der Waals surface area contributed by atoms with E-state index in [1.165, 1.54) is 5.56 Å². The van der Waals surface area contributed by atoms with Crippen molar-refractivity contribution in [2.75, 3.05) is 46.1 Å². The van der Waals surface area contributed by atoms with Crippen molar-refractivity contribution in [1.29, 1.82) is 0 Å².